The van der Waals surface area contributed by atoms with Crippen molar-refractivity contribution < 1.29 is 0 Å². The molecule has 0 amide bonds. The molecule has 0 aromatic carbocycles. The molecule has 0 N–H and O–H groups in total. The van der Waals surface area contributed by atoms with Crippen molar-refractivity contribution in [3.05, 3.63) is 69.0 Å². The van der Waals surface area contributed by atoms with Crippen molar-refractivity contribution in [1.29, 1.82) is 0 Å². The standard InChI is InChI=1S/C21H20S4/c1-2-3-6-15(16-9-11-20(24-16)18-7-4-13-22-18)17-10-12-21(25-17)19-8-5-14-23-19/h4-5,7-15H,2-3,6H2,1H3. The third-order valence-corrected chi connectivity index (χ3v) is 8.84. The van der Waals surface area contributed by atoms with Gasteiger partial charge in [0.25, 0.3) is 0 Å². The van der Waals surface area contributed by atoms with Gasteiger partial charge in [-0.15, -0.1) is 45.3 Å². The Labute approximate surface area is 165 Å². The summed E-state index contributed by atoms with van der Waals surface area (Å²) in [5, 5.41) is 4.33. The molecule has 4 heterocycles. The fraction of sp³-hybridized carbons (Fsp3) is 0.238. The summed E-state index contributed by atoms with van der Waals surface area (Å²) in [4.78, 5) is 8.60. The van der Waals surface area contributed by atoms with Gasteiger partial charge < -0.3 is 0 Å². The Morgan fingerprint density at radius 1 is 0.720 bits per heavy atom. The largest absolute Gasteiger partial charge is 0.143 e. The highest BCUT2D eigenvalue weighted by Crippen LogP contribution is 2.43. The molecule has 4 heteroatoms. The predicted octanol–water partition coefficient (Wildman–Crippen LogP) is 8.59. The highest BCUT2D eigenvalue weighted by atomic mass is 32.1. The van der Waals surface area contributed by atoms with Gasteiger partial charge >= 0.3 is 0 Å². The molecule has 4 aromatic rings. The van der Waals surface area contributed by atoms with Crippen molar-refractivity contribution in [2.45, 2.75) is 32.1 Å². The fourth-order valence-electron chi connectivity index (χ4n) is 3.02. The summed E-state index contributed by atoms with van der Waals surface area (Å²) in [5.41, 5.74) is 0. The summed E-state index contributed by atoms with van der Waals surface area (Å²) in [6.07, 6.45) is 3.78. The van der Waals surface area contributed by atoms with E-state index >= 15 is 0 Å². The molecule has 0 aliphatic rings. The lowest BCUT2D eigenvalue weighted by molar-refractivity contribution is 0.664. The van der Waals surface area contributed by atoms with Crippen LogP contribution in [0.5, 0.6) is 0 Å². The zero-order valence-electron chi connectivity index (χ0n) is 14.1. The van der Waals surface area contributed by atoms with Gasteiger partial charge in [-0.2, -0.15) is 0 Å². The first-order valence-electron chi connectivity index (χ1n) is 8.62. The molecule has 0 atom stereocenters. The van der Waals surface area contributed by atoms with Crippen LogP contribution in [-0.4, -0.2) is 0 Å². The maximum atomic E-state index is 2.35. The van der Waals surface area contributed by atoms with Crippen LogP contribution in [0.1, 0.15) is 41.9 Å². The van der Waals surface area contributed by atoms with E-state index in [2.05, 4.69) is 66.2 Å². The van der Waals surface area contributed by atoms with Crippen LogP contribution < -0.4 is 0 Å². The first-order valence-corrected chi connectivity index (χ1v) is 12.0. The minimum atomic E-state index is 0.539. The van der Waals surface area contributed by atoms with Crippen LogP contribution in [0.15, 0.2) is 59.3 Å². The third-order valence-electron chi connectivity index (χ3n) is 4.31. The molecule has 0 saturated carbocycles. The summed E-state index contributed by atoms with van der Waals surface area (Å²) in [7, 11) is 0. The Morgan fingerprint density at radius 3 is 1.72 bits per heavy atom. The van der Waals surface area contributed by atoms with Crippen LogP contribution in [0, 0.1) is 0 Å². The van der Waals surface area contributed by atoms with Crippen LogP contribution in [0.25, 0.3) is 19.5 Å². The van der Waals surface area contributed by atoms with E-state index in [9.17, 15) is 0 Å². The number of hydrogen-bond donors (Lipinski definition) is 0. The van der Waals surface area contributed by atoms with Gasteiger partial charge in [0.1, 0.15) is 0 Å². The highest BCUT2D eigenvalue weighted by molar-refractivity contribution is 7.22. The number of hydrogen-bond acceptors (Lipinski definition) is 4. The zero-order valence-corrected chi connectivity index (χ0v) is 17.4. The van der Waals surface area contributed by atoms with E-state index in [0.717, 1.165) is 0 Å². The average Bonchev–Trinajstić information content (AvgIpc) is 3.42. The molecule has 0 radical (unpaired) electrons. The SMILES string of the molecule is CCCCC(c1ccc(-c2cccs2)s1)c1ccc(-c2cccs2)s1. The topological polar surface area (TPSA) is 0 Å². The fourth-order valence-corrected chi connectivity index (χ4v) is 7.08. The summed E-state index contributed by atoms with van der Waals surface area (Å²) in [6, 6.07) is 18.0. The number of unbranched alkanes of at least 4 members (excludes halogenated alkanes) is 1. The quantitative estimate of drug-likeness (QED) is 0.291. The van der Waals surface area contributed by atoms with Crippen molar-refractivity contribution in [2.75, 3.05) is 0 Å². The third kappa shape index (κ3) is 3.82. The van der Waals surface area contributed by atoms with Crippen LogP contribution in [0.4, 0.5) is 0 Å². The van der Waals surface area contributed by atoms with Gasteiger partial charge in [0.2, 0.25) is 0 Å². The van der Waals surface area contributed by atoms with Crippen LogP contribution in [0.3, 0.4) is 0 Å². The monoisotopic (exact) mass is 400 g/mol. The van der Waals surface area contributed by atoms with E-state index < -0.39 is 0 Å². The molecule has 0 nitrogen and oxygen atoms in total. The van der Waals surface area contributed by atoms with Crippen molar-refractivity contribution in [2.24, 2.45) is 0 Å². The summed E-state index contributed by atoms with van der Waals surface area (Å²) < 4.78 is 0. The molecule has 0 fully saturated rings. The summed E-state index contributed by atoms with van der Waals surface area (Å²) in [6.45, 7) is 2.29. The van der Waals surface area contributed by atoms with Gasteiger partial charge in [-0.3, -0.25) is 0 Å². The Balaban J connectivity index is 1.64. The molecule has 4 rings (SSSR count). The van der Waals surface area contributed by atoms with Crippen LogP contribution in [0.2, 0.25) is 0 Å². The lowest BCUT2D eigenvalue weighted by Crippen LogP contribution is -1.96. The predicted molar refractivity (Wildman–Crippen MR) is 117 cm³/mol. The summed E-state index contributed by atoms with van der Waals surface area (Å²) >= 11 is 7.60. The van der Waals surface area contributed by atoms with E-state index in [1.807, 2.05) is 45.3 Å². The molecule has 0 unspecified atom stereocenters. The molecular formula is C21H20S4. The molecule has 0 saturated heterocycles. The highest BCUT2D eigenvalue weighted by Gasteiger charge is 2.19. The number of thiophene rings is 4. The van der Waals surface area contributed by atoms with Gasteiger partial charge in [-0.05, 0) is 53.6 Å². The summed E-state index contributed by atoms with van der Waals surface area (Å²) in [5.74, 6) is 0.539. The van der Waals surface area contributed by atoms with E-state index in [1.54, 1.807) is 0 Å². The first kappa shape index (κ1) is 17.2. The molecule has 0 aliphatic heterocycles. The van der Waals surface area contributed by atoms with Gasteiger partial charge in [0.15, 0.2) is 0 Å². The van der Waals surface area contributed by atoms with E-state index in [4.69, 9.17) is 0 Å². The van der Waals surface area contributed by atoms with Crippen molar-refractivity contribution >= 4 is 45.3 Å². The van der Waals surface area contributed by atoms with E-state index in [0.29, 0.717) is 5.92 Å². The van der Waals surface area contributed by atoms with E-state index in [-0.39, 0.29) is 0 Å². The maximum absolute atomic E-state index is 2.35. The average molecular weight is 401 g/mol. The van der Waals surface area contributed by atoms with Crippen molar-refractivity contribution in [1.82, 2.24) is 0 Å². The second-order valence-corrected chi connectivity index (χ2v) is 10.2. The Kier molecular flexibility index (Phi) is 5.51. The van der Waals surface area contributed by atoms with Crippen molar-refractivity contribution in [3.63, 3.8) is 0 Å². The molecule has 0 aliphatic carbocycles. The lowest BCUT2D eigenvalue weighted by atomic mass is 9.98. The minimum absolute atomic E-state index is 0.539. The second-order valence-electron chi connectivity index (χ2n) is 6.05. The van der Waals surface area contributed by atoms with Gasteiger partial charge in [0, 0.05) is 35.2 Å². The number of rotatable bonds is 7. The van der Waals surface area contributed by atoms with E-state index in [1.165, 1.54) is 48.5 Å². The molecule has 4 aromatic heterocycles. The van der Waals surface area contributed by atoms with Gasteiger partial charge in [-0.1, -0.05) is 31.9 Å². The van der Waals surface area contributed by atoms with Crippen LogP contribution >= 0.6 is 45.3 Å². The Bertz CT molecular complexity index is 821. The molecule has 128 valence electrons. The van der Waals surface area contributed by atoms with Crippen molar-refractivity contribution in [3.8, 4) is 19.5 Å². The first-order chi connectivity index (χ1) is 12.3. The molecule has 0 bridgehead atoms. The normalized spacial score (nSPS) is 11.4. The minimum Gasteiger partial charge on any atom is -0.143 e. The van der Waals surface area contributed by atoms with Gasteiger partial charge in [0.05, 0.1) is 0 Å². The lowest BCUT2D eigenvalue weighted by Gasteiger charge is -2.13. The van der Waals surface area contributed by atoms with Crippen LogP contribution in [-0.2, 0) is 0 Å². The zero-order chi connectivity index (χ0) is 17.1. The smallest absolute Gasteiger partial charge is 0.0445 e. The second kappa shape index (κ2) is 8.00. The Hall–Kier alpha value is -1.20. The Morgan fingerprint density at radius 2 is 1.28 bits per heavy atom. The molecule has 25 heavy (non-hydrogen) atoms. The molecule has 0 spiro atoms. The maximum Gasteiger partial charge on any atom is 0.0445 e. The molecular weight excluding hydrogens is 380 g/mol. The van der Waals surface area contributed by atoms with Gasteiger partial charge in [-0.25, -0.2) is 0 Å².